The highest BCUT2D eigenvalue weighted by atomic mass is 16.6. The van der Waals surface area contributed by atoms with Crippen molar-refractivity contribution in [3.05, 3.63) is 46.0 Å². The maximum atomic E-state index is 12.1. The Morgan fingerprint density at radius 1 is 1.26 bits per heavy atom. The van der Waals surface area contributed by atoms with Crippen molar-refractivity contribution in [3.8, 4) is 0 Å². The highest BCUT2D eigenvalue weighted by Gasteiger charge is 2.56. The number of nitro groups is 1. The Morgan fingerprint density at radius 2 is 1.84 bits per heavy atom. The van der Waals surface area contributed by atoms with Gasteiger partial charge in [0, 0.05) is 24.0 Å². The lowest BCUT2D eigenvalue weighted by atomic mass is 9.71. The molecule has 5 heteroatoms. The van der Waals surface area contributed by atoms with Gasteiger partial charge in [0.25, 0.3) is 5.54 Å². The average molecular weight is 262 g/mol. The van der Waals surface area contributed by atoms with Crippen LogP contribution in [0.25, 0.3) is 0 Å². The molecule has 1 fully saturated rings. The van der Waals surface area contributed by atoms with E-state index >= 15 is 0 Å². The Bertz CT molecular complexity index is 513. The van der Waals surface area contributed by atoms with Crippen molar-refractivity contribution in [2.24, 2.45) is 5.41 Å². The number of likely N-dealkylation sites (N-methyl/N-ethyl adjacent to an activating group) is 1. The molecule has 0 aliphatic carbocycles. The SMILES string of the molecule is CN1CC(c2ccccc2)([N+](=O)[O-])CC(C)(C)C1=O. The molecule has 1 unspecified atom stereocenters. The molecule has 1 heterocycles. The van der Waals surface area contributed by atoms with Crippen LogP contribution < -0.4 is 0 Å². The van der Waals surface area contributed by atoms with Gasteiger partial charge in [0.15, 0.2) is 0 Å². The maximum Gasteiger partial charge on any atom is 0.265 e. The van der Waals surface area contributed by atoms with Gasteiger partial charge in [0.2, 0.25) is 5.91 Å². The van der Waals surface area contributed by atoms with Gasteiger partial charge in [-0.05, 0) is 0 Å². The van der Waals surface area contributed by atoms with Crippen molar-refractivity contribution in [3.63, 3.8) is 0 Å². The van der Waals surface area contributed by atoms with Crippen molar-refractivity contribution in [1.82, 2.24) is 4.90 Å². The number of carbonyl (C=O) groups excluding carboxylic acids is 1. The van der Waals surface area contributed by atoms with E-state index in [1.54, 1.807) is 45.2 Å². The normalized spacial score (nSPS) is 26.3. The van der Waals surface area contributed by atoms with Crippen molar-refractivity contribution in [2.75, 3.05) is 13.6 Å². The smallest absolute Gasteiger partial charge is 0.265 e. The lowest BCUT2D eigenvalue weighted by Gasteiger charge is -2.42. The molecule has 1 aromatic carbocycles. The molecule has 1 amide bonds. The van der Waals surface area contributed by atoms with Gasteiger partial charge in [-0.3, -0.25) is 14.9 Å². The number of hydrogen-bond acceptors (Lipinski definition) is 3. The second-order valence-electron chi connectivity index (χ2n) is 5.88. The molecule has 0 saturated carbocycles. The number of likely N-dealkylation sites (tertiary alicyclic amines) is 1. The Hall–Kier alpha value is -1.91. The van der Waals surface area contributed by atoms with Crippen LogP contribution in [0.2, 0.25) is 0 Å². The summed E-state index contributed by atoms with van der Waals surface area (Å²) in [6.07, 6.45) is 0.222. The molecule has 1 aliphatic rings. The summed E-state index contributed by atoms with van der Waals surface area (Å²) in [5.41, 5.74) is -1.28. The fraction of sp³-hybridized carbons (Fsp3) is 0.500. The molecule has 1 aliphatic heterocycles. The summed E-state index contributed by atoms with van der Waals surface area (Å²) in [5, 5.41) is 11.7. The summed E-state index contributed by atoms with van der Waals surface area (Å²) in [7, 11) is 1.63. The topological polar surface area (TPSA) is 63.4 Å². The quantitative estimate of drug-likeness (QED) is 0.605. The van der Waals surface area contributed by atoms with Crippen LogP contribution in [0.15, 0.2) is 30.3 Å². The highest BCUT2D eigenvalue weighted by molar-refractivity contribution is 5.83. The fourth-order valence-electron chi connectivity index (χ4n) is 3.01. The first-order valence-corrected chi connectivity index (χ1v) is 6.25. The summed E-state index contributed by atoms with van der Waals surface area (Å²) in [4.78, 5) is 25.0. The van der Waals surface area contributed by atoms with Gasteiger partial charge in [-0.2, -0.15) is 0 Å². The van der Waals surface area contributed by atoms with Gasteiger partial charge >= 0.3 is 0 Å². The predicted octanol–water partition coefficient (Wildman–Crippen LogP) is 2.05. The number of rotatable bonds is 2. The van der Waals surface area contributed by atoms with E-state index in [1.165, 1.54) is 4.90 Å². The van der Waals surface area contributed by atoms with Crippen LogP contribution in [0.5, 0.6) is 0 Å². The van der Waals surface area contributed by atoms with Gasteiger partial charge in [-0.15, -0.1) is 0 Å². The Labute approximate surface area is 112 Å². The summed E-state index contributed by atoms with van der Waals surface area (Å²) >= 11 is 0. The van der Waals surface area contributed by atoms with Crippen LogP contribution >= 0.6 is 0 Å². The molecule has 2 rings (SSSR count). The standard InChI is InChI=1S/C14H18N2O3/c1-13(2)9-14(16(18)19,10-15(3)12(13)17)11-7-5-4-6-8-11/h4-8H,9-10H2,1-3H3. The minimum atomic E-state index is -1.21. The van der Waals surface area contributed by atoms with Crippen LogP contribution in [-0.4, -0.2) is 29.3 Å². The van der Waals surface area contributed by atoms with E-state index in [-0.39, 0.29) is 23.8 Å². The summed E-state index contributed by atoms with van der Waals surface area (Å²) in [6.45, 7) is 3.66. The van der Waals surface area contributed by atoms with Crippen LogP contribution in [0.1, 0.15) is 25.8 Å². The molecule has 0 spiro atoms. The minimum Gasteiger partial charge on any atom is -0.338 e. The number of nitrogens with zero attached hydrogens (tertiary/aromatic N) is 2. The second kappa shape index (κ2) is 4.33. The van der Waals surface area contributed by atoms with E-state index in [2.05, 4.69) is 0 Å². The van der Waals surface area contributed by atoms with E-state index in [0.29, 0.717) is 5.56 Å². The van der Waals surface area contributed by atoms with Gasteiger partial charge < -0.3 is 4.90 Å². The first kappa shape index (κ1) is 13.5. The van der Waals surface area contributed by atoms with Gasteiger partial charge in [-0.1, -0.05) is 44.2 Å². The molecular weight excluding hydrogens is 244 g/mol. The van der Waals surface area contributed by atoms with Crippen molar-refractivity contribution in [2.45, 2.75) is 25.8 Å². The van der Waals surface area contributed by atoms with E-state index in [1.807, 2.05) is 6.07 Å². The first-order valence-electron chi connectivity index (χ1n) is 6.25. The third-order valence-corrected chi connectivity index (χ3v) is 3.82. The minimum absolute atomic E-state index is 0.0408. The molecule has 1 saturated heterocycles. The number of carbonyl (C=O) groups is 1. The predicted molar refractivity (Wildman–Crippen MR) is 71.1 cm³/mol. The Morgan fingerprint density at radius 3 is 2.32 bits per heavy atom. The lowest BCUT2D eigenvalue weighted by molar-refractivity contribution is -0.585. The number of amides is 1. The van der Waals surface area contributed by atoms with Crippen molar-refractivity contribution < 1.29 is 9.72 Å². The van der Waals surface area contributed by atoms with E-state index in [0.717, 1.165) is 0 Å². The number of piperidine rings is 1. The number of hydrogen-bond donors (Lipinski definition) is 0. The maximum absolute atomic E-state index is 12.1. The Balaban J connectivity index is 2.53. The van der Waals surface area contributed by atoms with Crippen LogP contribution in [0.3, 0.4) is 0 Å². The van der Waals surface area contributed by atoms with E-state index in [9.17, 15) is 14.9 Å². The van der Waals surface area contributed by atoms with Gasteiger partial charge in [0.05, 0.1) is 12.0 Å². The summed E-state index contributed by atoms with van der Waals surface area (Å²) in [5.74, 6) is -0.0408. The fourth-order valence-corrected chi connectivity index (χ4v) is 3.01. The molecule has 5 nitrogen and oxygen atoms in total. The molecular formula is C14H18N2O3. The lowest BCUT2D eigenvalue weighted by Crippen LogP contribution is -2.58. The van der Waals surface area contributed by atoms with Crippen LogP contribution in [0.4, 0.5) is 0 Å². The third kappa shape index (κ3) is 2.09. The zero-order chi connectivity index (χ0) is 14.3. The molecule has 0 bridgehead atoms. The largest absolute Gasteiger partial charge is 0.338 e. The monoisotopic (exact) mass is 262 g/mol. The van der Waals surface area contributed by atoms with E-state index < -0.39 is 11.0 Å². The highest BCUT2D eigenvalue weighted by Crippen LogP contribution is 2.43. The Kier molecular flexibility index (Phi) is 3.08. The molecule has 19 heavy (non-hydrogen) atoms. The van der Waals surface area contributed by atoms with Crippen LogP contribution in [0, 0.1) is 15.5 Å². The van der Waals surface area contributed by atoms with Crippen molar-refractivity contribution in [1.29, 1.82) is 0 Å². The summed E-state index contributed by atoms with van der Waals surface area (Å²) < 4.78 is 0. The molecule has 0 N–H and O–H groups in total. The molecule has 1 aromatic rings. The van der Waals surface area contributed by atoms with E-state index in [4.69, 9.17) is 0 Å². The first-order chi connectivity index (χ1) is 8.79. The molecule has 0 aromatic heterocycles. The van der Waals surface area contributed by atoms with Gasteiger partial charge in [0.1, 0.15) is 0 Å². The van der Waals surface area contributed by atoms with Crippen LogP contribution in [-0.2, 0) is 10.3 Å². The molecule has 102 valence electrons. The number of benzene rings is 1. The average Bonchev–Trinajstić information content (AvgIpc) is 2.36. The third-order valence-electron chi connectivity index (χ3n) is 3.82. The zero-order valence-corrected chi connectivity index (χ0v) is 11.4. The molecule has 1 atom stereocenters. The van der Waals surface area contributed by atoms with Crippen molar-refractivity contribution >= 4 is 5.91 Å². The molecule has 0 radical (unpaired) electrons. The van der Waals surface area contributed by atoms with Gasteiger partial charge in [-0.25, -0.2) is 0 Å². The second-order valence-corrected chi connectivity index (χ2v) is 5.88. The zero-order valence-electron chi connectivity index (χ0n) is 11.4. The summed E-state index contributed by atoms with van der Waals surface area (Å²) in [6, 6.07) is 8.96.